The van der Waals surface area contributed by atoms with Crippen molar-refractivity contribution in [2.24, 2.45) is 0 Å². The topological polar surface area (TPSA) is 86.5 Å². The Morgan fingerprint density at radius 3 is 2.90 bits per heavy atom. The number of hydrogen-bond acceptors (Lipinski definition) is 6. The molecule has 0 radical (unpaired) electrons. The van der Waals surface area contributed by atoms with Crippen molar-refractivity contribution in [2.45, 2.75) is 25.9 Å². The van der Waals surface area contributed by atoms with Crippen LogP contribution < -0.4 is 15.8 Å². The molecule has 7 heteroatoms. The molecule has 3 N–H and O–H groups in total. The molecule has 0 saturated carbocycles. The fraction of sp³-hybridized carbons (Fsp3) is 0.429. The van der Waals surface area contributed by atoms with Crippen LogP contribution in [0.1, 0.15) is 19.8 Å². The van der Waals surface area contributed by atoms with E-state index in [-0.39, 0.29) is 12.0 Å². The van der Waals surface area contributed by atoms with Crippen molar-refractivity contribution in [3.05, 3.63) is 12.1 Å². The maximum atomic E-state index is 11.9. The Hall–Kier alpha value is -1.86. The van der Waals surface area contributed by atoms with E-state index in [1.54, 1.807) is 20.3 Å². The molecule has 0 spiro atoms. The van der Waals surface area contributed by atoms with Crippen molar-refractivity contribution < 1.29 is 14.3 Å². The van der Waals surface area contributed by atoms with Gasteiger partial charge in [-0.25, -0.2) is 4.98 Å². The van der Waals surface area contributed by atoms with Gasteiger partial charge in [0.2, 0.25) is 5.91 Å². The molecule has 1 amide bonds. The van der Waals surface area contributed by atoms with Gasteiger partial charge in [-0.15, -0.1) is 0 Å². The largest absolute Gasteiger partial charge is 0.494 e. The standard InChI is InChI=1S/C14H19N3O3S/c1-8(19-2)4-5-12(18)16-14-17-13-10(20-3)6-9(15)7-11(13)21-14/h6-8H,4-5,15H2,1-3H3,(H,16,17,18). The number of aromatic nitrogens is 1. The lowest BCUT2D eigenvalue weighted by atomic mass is 10.2. The number of methoxy groups -OCH3 is 2. The predicted molar refractivity (Wildman–Crippen MR) is 84.9 cm³/mol. The minimum absolute atomic E-state index is 0.0611. The molecular weight excluding hydrogens is 290 g/mol. The van der Waals surface area contributed by atoms with E-state index < -0.39 is 0 Å². The van der Waals surface area contributed by atoms with E-state index in [1.807, 2.05) is 13.0 Å². The molecule has 6 nitrogen and oxygen atoms in total. The van der Waals surface area contributed by atoms with Gasteiger partial charge in [0.25, 0.3) is 0 Å². The zero-order valence-corrected chi connectivity index (χ0v) is 13.1. The van der Waals surface area contributed by atoms with Gasteiger partial charge in [-0.05, 0) is 19.4 Å². The third-order valence-corrected chi connectivity index (χ3v) is 4.05. The average molecular weight is 309 g/mol. The number of fused-ring (bicyclic) bond motifs is 1. The molecule has 0 aliphatic heterocycles. The van der Waals surface area contributed by atoms with Gasteiger partial charge in [0.05, 0.1) is 17.9 Å². The number of hydrogen-bond donors (Lipinski definition) is 2. The third kappa shape index (κ3) is 3.83. The molecule has 1 heterocycles. The Bertz CT molecular complexity index is 642. The second-order valence-electron chi connectivity index (χ2n) is 4.72. The fourth-order valence-electron chi connectivity index (χ4n) is 1.86. The number of nitrogens with two attached hydrogens (primary N) is 1. The van der Waals surface area contributed by atoms with E-state index in [2.05, 4.69) is 10.3 Å². The van der Waals surface area contributed by atoms with Crippen LogP contribution >= 0.6 is 11.3 Å². The molecule has 0 aliphatic carbocycles. The summed E-state index contributed by atoms with van der Waals surface area (Å²) in [4.78, 5) is 16.3. The average Bonchev–Trinajstić information content (AvgIpc) is 2.85. The molecule has 1 atom stereocenters. The van der Waals surface area contributed by atoms with E-state index in [1.165, 1.54) is 11.3 Å². The maximum Gasteiger partial charge on any atom is 0.226 e. The number of nitrogens with zero attached hydrogens (tertiary/aromatic N) is 1. The van der Waals surface area contributed by atoms with E-state index in [0.717, 1.165) is 4.70 Å². The fourth-order valence-corrected chi connectivity index (χ4v) is 2.81. The number of amides is 1. The van der Waals surface area contributed by atoms with Crippen LogP contribution in [0.3, 0.4) is 0 Å². The molecule has 1 unspecified atom stereocenters. The Balaban J connectivity index is 2.11. The first-order chi connectivity index (χ1) is 10.0. The van der Waals surface area contributed by atoms with Crippen LogP contribution in [0, 0.1) is 0 Å². The molecule has 0 aliphatic rings. The summed E-state index contributed by atoms with van der Waals surface area (Å²) < 4.78 is 11.3. The molecule has 0 saturated heterocycles. The molecule has 2 rings (SSSR count). The molecular formula is C14H19N3O3S. The van der Waals surface area contributed by atoms with E-state index in [4.69, 9.17) is 15.2 Å². The van der Waals surface area contributed by atoms with E-state index >= 15 is 0 Å². The van der Waals surface area contributed by atoms with Gasteiger partial charge >= 0.3 is 0 Å². The number of thiazole rings is 1. The van der Waals surface area contributed by atoms with Crippen LogP contribution in [0.4, 0.5) is 10.8 Å². The number of nitrogen functional groups attached to an aromatic ring is 1. The lowest BCUT2D eigenvalue weighted by molar-refractivity contribution is -0.116. The monoisotopic (exact) mass is 309 g/mol. The molecule has 2 aromatic rings. The van der Waals surface area contributed by atoms with Gasteiger partial charge < -0.3 is 20.5 Å². The number of carbonyl (C=O) groups is 1. The highest BCUT2D eigenvalue weighted by Gasteiger charge is 2.13. The molecule has 1 aromatic heterocycles. The van der Waals surface area contributed by atoms with Gasteiger partial charge in [-0.1, -0.05) is 11.3 Å². The highest BCUT2D eigenvalue weighted by Crippen LogP contribution is 2.34. The lowest BCUT2D eigenvalue weighted by Crippen LogP contribution is -2.14. The molecule has 114 valence electrons. The molecule has 1 aromatic carbocycles. The van der Waals surface area contributed by atoms with Gasteiger partial charge in [0.1, 0.15) is 11.3 Å². The lowest BCUT2D eigenvalue weighted by Gasteiger charge is -2.07. The van der Waals surface area contributed by atoms with Crippen molar-refractivity contribution in [2.75, 3.05) is 25.3 Å². The second kappa shape index (κ2) is 6.73. The predicted octanol–water partition coefficient (Wildman–Crippen LogP) is 2.64. The first-order valence-electron chi connectivity index (χ1n) is 6.60. The number of ether oxygens (including phenoxy) is 2. The zero-order valence-electron chi connectivity index (χ0n) is 12.3. The number of nitrogens with one attached hydrogen (secondary N) is 1. The van der Waals surface area contributed by atoms with Crippen LogP contribution in [-0.2, 0) is 9.53 Å². The van der Waals surface area contributed by atoms with Gasteiger partial charge in [0, 0.05) is 25.3 Å². The van der Waals surface area contributed by atoms with E-state index in [9.17, 15) is 4.79 Å². The van der Waals surface area contributed by atoms with Crippen molar-refractivity contribution in [3.63, 3.8) is 0 Å². The first-order valence-corrected chi connectivity index (χ1v) is 7.41. The summed E-state index contributed by atoms with van der Waals surface area (Å²) in [5.41, 5.74) is 7.12. The first kappa shape index (κ1) is 15.5. The highest BCUT2D eigenvalue weighted by atomic mass is 32.1. The van der Waals surface area contributed by atoms with Gasteiger partial charge in [0.15, 0.2) is 5.13 Å². The molecule has 0 bridgehead atoms. The Labute approximate surface area is 127 Å². The number of anilines is 2. The summed E-state index contributed by atoms with van der Waals surface area (Å²) >= 11 is 1.38. The number of benzene rings is 1. The van der Waals surface area contributed by atoms with Crippen LogP contribution in [0.2, 0.25) is 0 Å². The quantitative estimate of drug-likeness (QED) is 0.801. The Kier molecular flexibility index (Phi) is 4.98. The number of carbonyl (C=O) groups excluding carboxylic acids is 1. The van der Waals surface area contributed by atoms with Gasteiger partial charge in [-0.3, -0.25) is 4.79 Å². The summed E-state index contributed by atoms with van der Waals surface area (Å²) in [7, 11) is 3.20. The minimum Gasteiger partial charge on any atom is -0.494 e. The maximum absolute atomic E-state index is 11.9. The molecule has 21 heavy (non-hydrogen) atoms. The van der Waals surface area contributed by atoms with Crippen molar-refractivity contribution in [1.82, 2.24) is 4.98 Å². The SMILES string of the molecule is COc1cc(N)cc2sc(NC(=O)CCC(C)OC)nc12. The zero-order chi connectivity index (χ0) is 15.4. The van der Waals surface area contributed by atoms with Crippen molar-refractivity contribution in [1.29, 1.82) is 0 Å². The summed E-state index contributed by atoms with van der Waals surface area (Å²) in [6.07, 6.45) is 1.12. The Morgan fingerprint density at radius 2 is 2.24 bits per heavy atom. The van der Waals surface area contributed by atoms with Gasteiger partial charge in [-0.2, -0.15) is 0 Å². The molecule has 0 fully saturated rings. The van der Waals surface area contributed by atoms with Crippen molar-refractivity contribution >= 4 is 38.3 Å². The van der Waals surface area contributed by atoms with Crippen LogP contribution in [-0.4, -0.2) is 31.2 Å². The van der Waals surface area contributed by atoms with E-state index in [0.29, 0.717) is 34.9 Å². The summed E-state index contributed by atoms with van der Waals surface area (Å²) in [6.45, 7) is 1.93. The summed E-state index contributed by atoms with van der Waals surface area (Å²) in [6, 6.07) is 3.53. The number of rotatable bonds is 6. The van der Waals surface area contributed by atoms with Crippen LogP contribution in [0.5, 0.6) is 5.75 Å². The Morgan fingerprint density at radius 1 is 1.48 bits per heavy atom. The third-order valence-electron chi connectivity index (χ3n) is 3.13. The van der Waals surface area contributed by atoms with Crippen molar-refractivity contribution in [3.8, 4) is 5.75 Å². The highest BCUT2D eigenvalue weighted by molar-refractivity contribution is 7.22. The summed E-state index contributed by atoms with van der Waals surface area (Å²) in [5, 5.41) is 3.34. The minimum atomic E-state index is -0.0788. The second-order valence-corrected chi connectivity index (χ2v) is 5.75. The normalized spacial score (nSPS) is 12.3. The van der Waals surface area contributed by atoms with Crippen LogP contribution in [0.25, 0.3) is 10.2 Å². The van der Waals surface area contributed by atoms with Crippen LogP contribution in [0.15, 0.2) is 12.1 Å². The smallest absolute Gasteiger partial charge is 0.226 e. The summed E-state index contributed by atoms with van der Waals surface area (Å²) in [5.74, 6) is 0.527.